The number of nitrogens with zero attached hydrogens (tertiary/aromatic N) is 1. The number of nitrogens with two attached hydrogens (primary N) is 1. The molecule has 0 fully saturated rings. The summed E-state index contributed by atoms with van der Waals surface area (Å²) < 4.78 is 12.1. The molecule has 0 saturated heterocycles. The maximum Gasteiger partial charge on any atom is 0.189 e. The van der Waals surface area contributed by atoms with Crippen LogP contribution in [0.1, 0.15) is 16.7 Å². The largest absolute Gasteiger partial charge is 0.467 e. The van der Waals surface area contributed by atoms with Gasteiger partial charge in [0.15, 0.2) is 6.79 Å². The molecule has 0 aliphatic carbocycles. The molecule has 0 radical (unpaired) electrons. The van der Waals surface area contributed by atoms with E-state index in [1.165, 1.54) is 5.56 Å². The van der Waals surface area contributed by atoms with Gasteiger partial charge in [-0.05, 0) is 52.1 Å². The first kappa shape index (κ1) is 14.8. The first-order valence-electron chi connectivity index (χ1n) is 6.65. The van der Waals surface area contributed by atoms with Crippen LogP contribution in [-0.2, 0) is 24.4 Å². The number of anilines is 1. The lowest BCUT2D eigenvalue weighted by Crippen LogP contribution is -2.20. The molecule has 0 unspecified atom stereocenters. The second-order valence-electron chi connectivity index (χ2n) is 5.21. The highest BCUT2D eigenvalue weighted by Gasteiger charge is 2.17. The number of hydrogen-bond donors (Lipinski definition) is 1. The molecule has 112 valence electrons. The van der Waals surface area contributed by atoms with Gasteiger partial charge in [-0.25, -0.2) is 0 Å². The Morgan fingerprint density at radius 3 is 2.95 bits per heavy atom. The minimum atomic E-state index is 0.311. The van der Waals surface area contributed by atoms with E-state index in [2.05, 4.69) is 39.3 Å². The molecule has 0 amide bonds. The summed E-state index contributed by atoms with van der Waals surface area (Å²) in [5.41, 5.74) is 10.2. The van der Waals surface area contributed by atoms with E-state index in [4.69, 9.17) is 15.2 Å². The predicted molar refractivity (Wildman–Crippen MR) is 88.3 cm³/mol. The van der Waals surface area contributed by atoms with Gasteiger partial charge in [-0.3, -0.25) is 4.90 Å². The molecule has 0 bridgehead atoms. The maximum atomic E-state index is 5.98. The Balaban J connectivity index is 1.76. The summed E-state index contributed by atoms with van der Waals surface area (Å²) in [6, 6.07) is 6.07. The fraction of sp³-hybridized carbons (Fsp3) is 0.333. The third-order valence-electron chi connectivity index (χ3n) is 3.32. The Morgan fingerprint density at radius 1 is 1.33 bits per heavy atom. The van der Waals surface area contributed by atoms with Gasteiger partial charge in [-0.1, -0.05) is 0 Å². The fourth-order valence-corrected chi connectivity index (χ4v) is 3.73. The number of fused-ring (bicyclic) bond motifs is 1. The Kier molecular flexibility index (Phi) is 4.49. The van der Waals surface area contributed by atoms with Crippen molar-refractivity contribution >= 4 is 33.0 Å². The average Bonchev–Trinajstić information content (AvgIpc) is 2.83. The summed E-state index contributed by atoms with van der Waals surface area (Å²) in [7, 11) is 2.10. The van der Waals surface area contributed by atoms with Crippen LogP contribution in [0.4, 0.5) is 5.69 Å². The minimum absolute atomic E-state index is 0.311. The van der Waals surface area contributed by atoms with Crippen molar-refractivity contribution < 1.29 is 9.47 Å². The summed E-state index contributed by atoms with van der Waals surface area (Å²) in [6.45, 7) is 2.56. The molecule has 1 aromatic carbocycles. The number of benzene rings is 1. The SMILES string of the molecule is CN(Cc1csc(Br)c1)Cc1cc(N)cc2c1OCOC2. The van der Waals surface area contributed by atoms with Gasteiger partial charge in [0.05, 0.1) is 10.4 Å². The molecule has 3 rings (SSSR count). The molecular weight excluding hydrogens is 352 g/mol. The van der Waals surface area contributed by atoms with Gasteiger partial charge in [0.1, 0.15) is 5.75 Å². The molecule has 2 N–H and O–H groups in total. The van der Waals surface area contributed by atoms with Crippen LogP contribution in [0.25, 0.3) is 0 Å². The van der Waals surface area contributed by atoms with Crippen LogP contribution in [0.15, 0.2) is 27.4 Å². The first-order valence-corrected chi connectivity index (χ1v) is 8.32. The van der Waals surface area contributed by atoms with Crippen molar-refractivity contribution in [1.82, 2.24) is 4.90 Å². The number of ether oxygens (including phenoxy) is 2. The van der Waals surface area contributed by atoms with Crippen molar-refractivity contribution in [2.75, 3.05) is 19.6 Å². The van der Waals surface area contributed by atoms with Crippen molar-refractivity contribution in [3.8, 4) is 5.75 Å². The van der Waals surface area contributed by atoms with E-state index in [-0.39, 0.29) is 0 Å². The molecule has 2 heterocycles. The van der Waals surface area contributed by atoms with Crippen LogP contribution < -0.4 is 10.5 Å². The summed E-state index contributed by atoms with van der Waals surface area (Å²) in [5, 5.41) is 2.17. The lowest BCUT2D eigenvalue weighted by molar-refractivity contribution is -0.0173. The summed E-state index contributed by atoms with van der Waals surface area (Å²) in [4.78, 5) is 2.25. The van der Waals surface area contributed by atoms with E-state index < -0.39 is 0 Å². The Bertz CT molecular complexity index is 645. The number of rotatable bonds is 4. The molecule has 1 aromatic heterocycles. The number of halogens is 1. The third-order valence-corrected chi connectivity index (χ3v) is 4.88. The minimum Gasteiger partial charge on any atom is -0.467 e. The smallest absolute Gasteiger partial charge is 0.189 e. The molecular formula is C15H17BrN2O2S. The molecule has 0 saturated carbocycles. The van der Waals surface area contributed by atoms with Crippen LogP contribution in [0, 0.1) is 0 Å². The number of nitrogen functional groups attached to an aromatic ring is 1. The normalized spacial score (nSPS) is 14.0. The Morgan fingerprint density at radius 2 is 2.19 bits per heavy atom. The predicted octanol–water partition coefficient (Wildman–Crippen LogP) is 3.59. The van der Waals surface area contributed by atoms with Crippen molar-refractivity contribution in [1.29, 1.82) is 0 Å². The molecule has 0 atom stereocenters. The third kappa shape index (κ3) is 3.58. The molecule has 6 heteroatoms. The van der Waals surface area contributed by atoms with Crippen LogP contribution in [-0.4, -0.2) is 18.7 Å². The van der Waals surface area contributed by atoms with Crippen LogP contribution in [0.5, 0.6) is 5.75 Å². The second-order valence-corrected chi connectivity index (χ2v) is 7.50. The summed E-state index contributed by atoms with van der Waals surface area (Å²) in [5.74, 6) is 0.925. The van der Waals surface area contributed by atoms with Crippen molar-refractivity contribution in [2.24, 2.45) is 0 Å². The summed E-state index contributed by atoms with van der Waals surface area (Å²) >= 11 is 5.20. The monoisotopic (exact) mass is 368 g/mol. The molecule has 1 aliphatic heterocycles. The molecule has 21 heavy (non-hydrogen) atoms. The second kappa shape index (κ2) is 6.36. The van der Waals surface area contributed by atoms with Gasteiger partial charge in [0.2, 0.25) is 0 Å². The van der Waals surface area contributed by atoms with Gasteiger partial charge in [0.25, 0.3) is 0 Å². The molecule has 0 spiro atoms. The van der Waals surface area contributed by atoms with E-state index in [1.54, 1.807) is 11.3 Å². The zero-order chi connectivity index (χ0) is 14.8. The van der Waals surface area contributed by atoms with E-state index in [0.29, 0.717) is 13.4 Å². The van der Waals surface area contributed by atoms with Gasteiger partial charge >= 0.3 is 0 Å². The van der Waals surface area contributed by atoms with Crippen molar-refractivity contribution in [2.45, 2.75) is 19.7 Å². The Hall–Kier alpha value is -1.08. The van der Waals surface area contributed by atoms with E-state index in [1.807, 2.05) is 12.1 Å². The highest BCUT2D eigenvalue weighted by Crippen LogP contribution is 2.32. The lowest BCUT2D eigenvalue weighted by atomic mass is 10.1. The number of thiophene rings is 1. The standard InChI is InChI=1S/C15H17BrN2O2S/c1-18(5-10-2-14(16)21-8-10)6-11-3-13(17)4-12-7-19-9-20-15(11)12/h2-4,8H,5-7,9,17H2,1H3. The highest BCUT2D eigenvalue weighted by atomic mass is 79.9. The van der Waals surface area contributed by atoms with Crippen molar-refractivity contribution in [3.05, 3.63) is 44.1 Å². The van der Waals surface area contributed by atoms with E-state index in [9.17, 15) is 0 Å². The Labute approximate surface area is 136 Å². The average molecular weight is 369 g/mol. The lowest BCUT2D eigenvalue weighted by Gasteiger charge is -2.24. The summed E-state index contributed by atoms with van der Waals surface area (Å²) in [6.07, 6.45) is 0. The van der Waals surface area contributed by atoms with Crippen LogP contribution in [0.3, 0.4) is 0 Å². The van der Waals surface area contributed by atoms with Crippen molar-refractivity contribution in [3.63, 3.8) is 0 Å². The van der Waals surface area contributed by atoms with Crippen LogP contribution >= 0.6 is 27.3 Å². The number of hydrogen-bond acceptors (Lipinski definition) is 5. The van der Waals surface area contributed by atoms with Gasteiger partial charge in [-0.2, -0.15) is 0 Å². The maximum absolute atomic E-state index is 5.98. The zero-order valence-electron chi connectivity index (χ0n) is 11.8. The van der Waals surface area contributed by atoms with Gasteiger partial charge in [0, 0.05) is 29.9 Å². The molecule has 4 nitrogen and oxygen atoms in total. The van der Waals surface area contributed by atoms with Crippen LogP contribution in [0.2, 0.25) is 0 Å². The van der Waals surface area contributed by atoms with E-state index >= 15 is 0 Å². The topological polar surface area (TPSA) is 47.7 Å². The highest BCUT2D eigenvalue weighted by molar-refractivity contribution is 9.11. The molecule has 2 aromatic rings. The van der Waals surface area contributed by atoms with E-state index in [0.717, 1.165) is 39.4 Å². The fourth-order valence-electron chi connectivity index (χ4n) is 2.53. The van der Waals surface area contributed by atoms with Gasteiger partial charge in [-0.15, -0.1) is 11.3 Å². The quantitative estimate of drug-likeness (QED) is 0.837. The first-order chi connectivity index (χ1) is 10.1. The van der Waals surface area contributed by atoms with Gasteiger partial charge < -0.3 is 15.2 Å². The molecule has 1 aliphatic rings. The zero-order valence-corrected chi connectivity index (χ0v) is 14.2.